The van der Waals surface area contributed by atoms with Crippen molar-refractivity contribution in [3.8, 4) is 0 Å². The summed E-state index contributed by atoms with van der Waals surface area (Å²) in [4.78, 5) is 2.30. The number of piperidine rings is 1. The zero-order valence-electron chi connectivity index (χ0n) is 12.3. The summed E-state index contributed by atoms with van der Waals surface area (Å²) in [5.74, 6) is -0.326. The Morgan fingerprint density at radius 2 is 2.05 bits per heavy atom. The van der Waals surface area contributed by atoms with Crippen LogP contribution in [0.4, 0.5) is 4.39 Å². The van der Waals surface area contributed by atoms with Crippen LogP contribution in [0.15, 0.2) is 18.2 Å². The van der Waals surface area contributed by atoms with E-state index in [4.69, 9.17) is 17.3 Å². The Morgan fingerprint density at radius 3 is 2.60 bits per heavy atom. The molecule has 2 rings (SSSR count). The average Bonchev–Trinajstić information content (AvgIpc) is 2.46. The number of rotatable bonds is 4. The van der Waals surface area contributed by atoms with Crippen molar-refractivity contribution in [3.63, 3.8) is 0 Å². The van der Waals surface area contributed by atoms with Crippen LogP contribution in [0.25, 0.3) is 0 Å². The molecule has 0 bridgehead atoms. The topological polar surface area (TPSA) is 29.3 Å². The van der Waals surface area contributed by atoms with E-state index in [-0.39, 0.29) is 16.9 Å². The lowest BCUT2D eigenvalue weighted by molar-refractivity contribution is 0.0816. The van der Waals surface area contributed by atoms with Gasteiger partial charge in [-0.05, 0) is 37.4 Å². The van der Waals surface area contributed by atoms with Crippen LogP contribution < -0.4 is 5.73 Å². The van der Waals surface area contributed by atoms with E-state index >= 15 is 0 Å². The third-order valence-corrected chi connectivity index (χ3v) is 5.16. The SMILES string of the molecule is CCC1(C)CCN(C(CN)c2cccc(Cl)c2F)CC1. The van der Waals surface area contributed by atoms with Gasteiger partial charge in [-0.1, -0.05) is 44.0 Å². The molecule has 1 fully saturated rings. The van der Waals surface area contributed by atoms with Crippen LogP contribution in [0.2, 0.25) is 5.02 Å². The maximum absolute atomic E-state index is 14.2. The van der Waals surface area contributed by atoms with Crippen LogP contribution in [0.5, 0.6) is 0 Å². The van der Waals surface area contributed by atoms with E-state index in [2.05, 4.69) is 18.7 Å². The number of nitrogens with zero attached hydrogens (tertiary/aromatic N) is 1. The summed E-state index contributed by atoms with van der Waals surface area (Å²) in [5, 5.41) is 0.177. The summed E-state index contributed by atoms with van der Waals surface area (Å²) in [6.45, 7) is 6.94. The molecule has 1 atom stereocenters. The second-order valence-corrected chi connectivity index (χ2v) is 6.50. The lowest BCUT2D eigenvalue weighted by Crippen LogP contribution is -2.43. The summed E-state index contributed by atoms with van der Waals surface area (Å²) >= 11 is 5.89. The van der Waals surface area contributed by atoms with Crippen molar-refractivity contribution in [2.24, 2.45) is 11.1 Å². The Kier molecular flexibility index (Phi) is 5.05. The first-order valence-electron chi connectivity index (χ1n) is 7.39. The maximum Gasteiger partial charge on any atom is 0.146 e. The lowest BCUT2D eigenvalue weighted by Gasteiger charge is -2.42. The van der Waals surface area contributed by atoms with E-state index < -0.39 is 0 Å². The minimum atomic E-state index is -0.326. The van der Waals surface area contributed by atoms with Crippen molar-refractivity contribution in [2.75, 3.05) is 19.6 Å². The zero-order valence-corrected chi connectivity index (χ0v) is 13.1. The molecule has 1 aromatic carbocycles. The number of halogens is 2. The van der Waals surface area contributed by atoms with Crippen LogP contribution in [-0.4, -0.2) is 24.5 Å². The molecule has 1 aromatic rings. The molecule has 1 aliphatic rings. The van der Waals surface area contributed by atoms with Gasteiger partial charge in [0.1, 0.15) is 5.82 Å². The molecule has 1 unspecified atom stereocenters. The van der Waals surface area contributed by atoms with Gasteiger partial charge in [-0.3, -0.25) is 4.90 Å². The monoisotopic (exact) mass is 298 g/mol. The summed E-state index contributed by atoms with van der Waals surface area (Å²) in [5.41, 5.74) is 6.95. The third kappa shape index (κ3) is 3.16. The first-order chi connectivity index (χ1) is 9.50. The minimum Gasteiger partial charge on any atom is -0.329 e. The Morgan fingerprint density at radius 1 is 1.40 bits per heavy atom. The van der Waals surface area contributed by atoms with Gasteiger partial charge in [-0.25, -0.2) is 4.39 Å². The van der Waals surface area contributed by atoms with Crippen molar-refractivity contribution in [1.82, 2.24) is 4.90 Å². The van der Waals surface area contributed by atoms with E-state index in [9.17, 15) is 4.39 Å². The molecule has 0 radical (unpaired) electrons. The molecule has 1 saturated heterocycles. The van der Waals surface area contributed by atoms with Crippen molar-refractivity contribution in [2.45, 2.75) is 39.2 Å². The Hall–Kier alpha value is -0.640. The van der Waals surface area contributed by atoms with Crippen LogP contribution in [0.1, 0.15) is 44.7 Å². The Labute approximate surface area is 126 Å². The van der Waals surface area contributed by atoms with Gasteiger partial charge in [0.15, 0.2) is 0 Å². The van der Waals surface area contributed by atoms with E-state index in [0.29, 0.717) is 17.5 Å². The second-order valence-electron chi connectivity index (χ2n) is 6.09. The molecule has 0 amide bonds. The summed E-state index contributed by atoms with van der Waals surface area (Å²) in [7, 11) is 0. The minimum absolute atomic E-state index is 0.0740. The molecule has 1 heterocycles. The molecular formula is C16H24ClFN2. The van der Waals surface area contributed by atoms with Crippen molar-refractivity contribution >= 4 is 11.6 Å². The van der Waals surface area contributed by atoms with Crippen molar-refractivity contribution in [3.05, 3.63) is 34.6 Å². The van der Waals surface area contributed by atoms with Crippen LogP contribution >= 0.6 is 11.6 Å². The predicted molar refractivity (Wildman–Crippen MR) is 82.4 cm³/mol. The fourth-order valence-electron chi connectivity index (χ4n) is 2.98. The second kappa shape index (κ2) is 6.42. The van der Waals surface area contributed by atoms with Crippen LogP contribution in [0, 0.1) is 11.2 Å². The van der Waals surface area contributed by atoms with Gasteiger partial charge in [0.25, 0.3) is 0 Å². The Balaban J connectivity index is 2.16. The lowest BCUT2D eigenvalue weighted by atomic mass is 9.78. The molecule has 2 nitrogen and oxygen atoms in total. The number of nitrogens with two attached hydrogens (primary N) is 1. The highest BCUT2D eigenvalue weighted by atomic mass is 35.5. The van der Waals surface area contributed by atoms with Gasteiger partial charge in [0.2, 0.25) is 0 Å². The summed E-state index contributed by atoms with van der Waals surface area (Å²) < 4.78 is 14.2. The average molecular weight is 299 g/mol. The van der Waals surface area contributed by atoms with Gasteiger partial charge in [-0.2, -0.15) is 0 Å². The molecule has 20 heavy (non-hydrogen) atoms. The predicted octanol–water partition coefficient (Wildman–Crippen LogP) is 3.99. The molecule has 0 spiro atoms. The van der Waals surface area contributed by atoms with Gasteiger partial charge < -0.3 is 5.73 Å². The van der Waals surface area contributed by atoms with Crippen molar-refractivity contribution < 1.29 is 4.39 Å². The highest BCUT2D eigenvalue weighted by Gasteiger charge is 2.32. The Bertz CT molecular complexity index is 456. The number of hydrogen-bond acceptors (Lipinski definition) is 2. The largest absolute Gasteiger partial charge is 0.329 e. The number of hydrogen-bond donors (Lipinski definition) is 1. The molecule has 0 saturated carbocycles. The summed E-state index contributed by atoms with van der Waals surface area (Å²) in [6, 6.07) is 5.10. The van der Waals surface area contributed by atoms with Gasteiger partial charge >= 0.3 is 0 Å². The number of benzene rings is 1. The molecule has 112 valence electrons. The van der Waals surface area contributed by atoms with E-state index in [0.717, 1.165) is 25.9 Å². The molecule has 1 aliphatic heterocycles. The first kappa shape index (κ1) is 15.7. The fourth-order valence-corrected chi connectivity index (χ4v) is 3.16. The molecular weight excluding hydrogens is 275 g/mol. The normalized spacial score (nSPS) is 20.9. The highest BCUT2D eigenvalue weighted by Crippen LogP contribution is 2.37. The quantitative estimate of drug-likeness (QED) is 0.910. The number of likely N-dealkylation sites (tertiary alicyclic amines) is 1. The van der Waals surface area contributed by atoms with Gasteiger partial charge in [0, 0.05) is 18.2 Å². The molecule has 0 aromatic heterocycles. The van der Waals surface area contributed by atoms with Gasteiger partial charge in [0.05, 0.1) is 5.02 Å². The van der Waals surface area contributed by atoms with Crippen molar-refractivity contribution in [1.29, 1.82) is 0 Å². The molecule has 2 N–H and O–H groups in total. The highest BCUT2D eigenvalue weighted by molar-refractivity contribution is 6.30. The van der Waals surface area contributed by atoms with Crippen LogP contribution in [-0.2, 0) is 0 Å². The molecule has 0 aliphatic carbocycles. The standard InChI is InChI=1S/C16H24ClFN2/c1-3-16(2)7-9-20(10-8-16)14(11-19)12-5-4-6-13(17)15(12)18/h4-6,14H,3,7-11,19H2,1-2H3. The zero-order chi connectivity index (χ0) is 14.8. The van der Waals surface area contributed by atoms with Gasteiger partial charge in [-0.15, -0.1) is 0 Å². The summed E-state index contributed by atoms with van der Waals surface area (Å²) in [6.07, 6.45) is 3.48. The fraction of sp³-hybridized carbons (Fsp3) is 0.625. The van der Waals surface area contributed by atoms with E-state index in [1.807, 2.05) is 0 Å². The first-order valence-corrected chi connectivity index (χ1v) is 7.76. The maximum atomic E-state index is 14.2. The van der Waals surface area contributed by atoms with E-state index in [1.165, 1.54) is 6.42 Å². The smallest absolute Gasteiger partial charge is 0.146 e. The molecule has 4 heteroatoms. The van der Waals surface area contributed by atoms with Crippen LogP contribution in [0.3, 0.4) is 0 Å². The third-order valence-electron chi connectivity index (χ3n) is 4.86. The van der Waals surface area contributed by atoms with E-state index in [1.54, 1.807) is 18.2 Å².